The Morgan fingerprint density at radius 3 is 0.545 bits per heavy atom. The van der Waals surface area contributed by atoms with Gasteiger partial charge in [0.2, 0.25) is 0 Å². The number of hydrogen-bond acceptors (Lipinski definition) is 0. The van der Waals surface area contributed by atoms with Crippen LogP contribution in [-0.4, -0.2) is 28.7 Å². The normalized spacial score (nSPS) is 14.2. The molecule has 346 valence electrons. The molecule has 0 nitrogen and oxygen atoms in total. The summed E-state index contributed by atoms with van der Waals surface area (Å²) < 4.78 is 3.57. The summed E-state index contributed by atoms with van der Waals surface area (Å²) in [7, 11) is 0. The van der Waals surface area contributed by atoms with Crippen molar-refractivity contribution in [2.24, 2.45) is 0 Å². The molecule has 6 aromatic rings. The fraction of sp³-hybridized carbons (Fsp3) is 0.438. The van der Waals surface area contributed by atoms with E-state index in [1.807, 2.05) is 0 Å². The third-order valence-corrected chi connectivity index (χ3v) is 31.7. The van der Waals surface area contributed by atoms with Gasteiger partial charge in [0, 0.05) is 0 Å². The quantitative estimate of drug-likeness (QED) is 0.0954. The average Bonchev–Trinajstić information content (AvgIpc) is 3.29. The van der Waals surface area contributed by atoms with Crippen molar-refractivity contribution in [3.05, 3.63) is 154 Å². The zero-order chi connectivity index (χ0) is 47.7. The first-order chi connectivity index (χ1) is 31.4. The Hall–Kier alpha value is -3.59. The Morgan fingerprint density at radius 1 is 0.242 bits per heavy atom. The summed E-state index contributed by atoms with van der Waals surface area (Å²) in [4.78, 5) is 0. The van der Waals surface area contributed by atoms with Crippen molar-refractivity contribution in [2.75, 3.05) is 0 Å². The van der Waals surface area contributed by atoms with E-state index in [0.717, 1.165) is 0 Å². The van der Waals surface area contributed by atoms with Gasteiger partial charge in [0.15, 0.2) is 0 Å². The average molecular weight is 997 g/mol. The van der Waals surface area contributed by atoms with Crippen LogP contribution in [0.1, 0.15) is 203 Å². The number of benzene rings is 6. The summed E-state index contributed by atoms with van der Waals surface area (Å²) in [5.74, 6) is 3.58. The molecule has 0 aliphatic carbocycles. The van der Waals surface area contributed by atoms with Gasteiger partial charge in [-0.05, 0) is 0 Å². The van der Waals surface area contributed by atoms with Gasteiger partial charge in [0.1, 0.15) is 0 Å². The second-order valence-corrected chi connectivity index (χ2v) is 33.5. The SMILES string of the molecule is CC(C)c1cccc(C(C)C)c1-c1cccc(-c2c(C(C)C)cccc2C(C)C)[c]1[Ge]1[CH2][CH2][Ge]([c]2c(-c3c(C(C)C)cccc3C(C)C)cccc2-c2c(C(C)C)cccc2C(C)C)[CH2][CH2]1. The molecule has 1 saturated heterocycles. The molecule has 1 heterocycles. The van der Waals surface area contributed by atoms with Gasteiger partial charge in [-0.3, -0.25) is 0 Å². The van der Waals surface area contributed by atoms with E-state index in [0.29, 0.717) is 47.3 Å². The predicted octanol–water partition coefficient (Wildman–Crippen LogP) is 18.5. The Kier molecular flexibility index (Phi) is 16.3. The Bertz CT molecular complexity index is 2170. The molecule has 7 rings (SSSR count). The van der Waals surface area contributed by atoms with Gasteiger partial charge in [-0.2, -0.15) is 0 Å². The van der Waals surface area contributed by atoms with Gasteiger partial charge in [0.05, 0.1) is 0 Å². The third kappa shape index (κ3) is 9.95. The van der Waals surface area contributed by atoms with Gasteiger partial charge >= 0.3 is 415 Å². The molecule has 0 bridgehead atoms. The van der Waals surface area contributed by atoms with Crippen molar-refractivity contribution in [3.63, 3.8) is 0 Å². The van der Waals surface area contributed by atoms with Crippen LogP contribution in [0.15, 0.2) is 109 Å². The van der Waals surface area contributed by atoms with Gasteiger partial charge in [-0.1, -0.05) is 0 Å². The summed E-state index contributed by atoms with van der Waals surface area (Å²) in [6, 6.07) is 44.0. The van der Waals surface area contributed by atoms with Crippen molar-refractivity contribution in [3.8, 4) is 44.5 Å². The third-order valence-electron chi connectivity index (χ3n) is 14.9. The molecule has 1 aliphatic rings. The molecule has 6 aromatic carbocycles. The predicted molar refractivity (Wildman–Crippen MR) is 297 cm³/mol. The molecular weight excluding hydrogens is 914 g/mol. The Morgan fingerprint density at radius 2 is 0.394 bits per heavy atom. The fourth-order valence-electron chi connectivity index (χ4n) is 11.5. The first kappa shape index (κ1) is 50.3. The van der Waals surface area contributed by atoms with Gasteiger partial charge in [-0.25, -0.2) is 0 Å². The molecule has 0 atom stereocenters. The van der Waals surface area contributed by atoms with Gasteiger partial charge < -0.3 is 0 Å². The molecule has 1 fully saturated rings. The van der Waals surface area contributed by atoms with Crippen molar-refractivity contribution >= 4 is 37.5 Å². The van der Waals surface area contributed by atoms with Crippen molar-refractivity contribution < 1.29 is 0 Å². The number of rotatable bonds is 14. The molecule has 0 amide bonds. The monoisotopic (exact) mass is 998 g/mol. The second-order valence-electron chi connectivity index (χ2n) is 22.1. The van der Waals surface area contributed by atoms with Crippen LogP contribution in [0.4, 0.5) is 0 Å². The second kappa shape index (κ2) is 21.4. The zero-order valence-electron chi connectivity index (χ0n) is 43.8. The van der Waals surface area contributed by atoms with Gasteiger partial charge in [-0.15, -0.1) is 0 Å². The molecule has 2 radical (unpaired) electrons. The fourth-order valence-corrected chi connectivity index (χ4v) is 35.3. The molecular formula is C64H82Ge2. The molecule has 0 aromatic heterocycles. The first-order valence-electron chi connectivity index (χ1n) is 25.9. The van der Waals surface area contributed by atoms with Crippen LogP contribution in [0.3, 0.4) is 0 Å². The molecule has 0 saturated carbocycles. The topological polar surface area (TPSA) is 0 Å². The summed E-state index contributed by atoms with van der Waals surface area (Å²) in [6.45, 7) is 38.6. The maximum absolute atomic E-state index is 2.56. The molecule has 66 heavy (non-hydrogen) atoms. The van der Waals surface area contributed by atoms with Crippen LogP contribution >= 0.6 is 0 Å². The van der Waals surface area contributed by atoms with E-state index in [4.69, 9.17) is 0 Å². The van der Waals surface area contributed by atoms with E-state index in [9.17, 15) is 0 Å². The summed E-state index contributed by atoms with van der Waals surface area (Å²) >= 11 is -3.83. The van der Waals surface area contributed by atoms with Crippen molar-refractivity contribution in [1.29, 1.82) is 0 Å². The Labute approximate surface area is 412 Å². The van der Waals surface area contributed by atoms with Crippen molar-refractivity contribution in [1.82, 2.24) is 0 Å². The summed E-state index contributed by atoms with van der Waals surface area (Å²) in [5.41, 5.74) is 24.5. The van der Waals surface area contributed by atoms with E-state index in [2.05, 4.69) is 220 Å². The van der Waals surface area contributed by atoms with E-state index in [-0.39, 0.29) is 0 Å². The van der Waals surface area contributed by atoms with Gasteiger partial charge in [0.25, 0.3) is 0 Å². The Balaban J connectivity index is 1.50. The zero-order valence-corrected chi connectivity index (χ0v) is 48.0. The minimum atomic E-state index is -1.91. The number of hydrogen-bond donors (Lipinski definition) is 0. The van der Waals surface area contributed by atoms with Crippen LogP contribution in [0, 0.1) is 0 Å². The van der Waals surface area contributed by atoms with Crippen LogP contribution in [-0.2, 0) is 0 Å². The standard InChI is InChI=1S/C64H82Ge2/c1-39(2)47-23-17-24-48(40(3)4)59(47)55-31-21-32-56(60-49(41(5)6)25-18-26-50(60)42(7)8)63(55)65-35-37-66(38-36-65)64-57(61-51(43(9)10)27-19-28-52(61)44(11)12)33-22-34-58(64)62-53(45(13)14)29-20-30-54(62)46(15)16/h17-34,39-46H,35-38H2,1-16H3. The van der Waals surface area contributed by atoms with Crippen LogP contribution < -0.4 is 8.79 Å². The molecule has 1 aliphatic heterocycles. The minimum absolute atomic E-state index is 0.447. The van der Waals surface area contributed by atoms with Crippen molar-refractivity contribution in [2.45, 2.75) is 179 Å². The van der Waals surface area contributed by atoms with Crippen LogP contribution in [0.5, 0.6) is 0 Å². The van der Waals surface area contributed by atoms with E-state index in [1.165, 1.54) is 65.5 Å². The molecule has 0 unspecified atom stereocenters. The van der Waals surface area contributed by atoms with E-state index < -0.39 is 28.7 Å². The summed E-state index contributed by atoms with van der Waals surface area (Å²) in [5, 5.41) is 5.61. The summed E-state index contributed by atoms with van der Waals surface area (Å²) in [6.07, 6.45) is 0. The van der Waals surface area contributed by atoms with E-state index in [1.54, 1.807) is 53.3 Å². The molecule has 0 N–H and O–H groups in total. The van der Waals surface area contributed by atoms with E-state index >= 15 is 0 Å². The molecule has 2 heteroatoms. The maximum atomic E-state index is 2.56. The first-order valence-corrected chi connectivity index (χ1v) is 34.0. The van der Waals surface area contributed by atoms with Crippen LogP contribution in [0.25, 0.3) is 44.5 Å². The van der Waals surface area contributed by atoms with Crippen LogP contribution in [0.2, 0.25) is 21.0 Å². The molecule has 0 spiro atoms.